The van der Waals surface area contributed by atoms with Crippen molar-refractivity contribution in [1.29, 1.82) is 0 Å². The van der Waals surface area contributed by atoms with Gasteiger partial charge in [0.1, 0.15) is 0 Å². The van der Waals surface area contributed by atoms with Crippen LogP contribution in [0.5, 0.6) is 0 Å². The summed E-state index contributed by atoms with van der Waals surface area (Å²) >= 11 is 17.2. The molecular weight excluding hydrogens is 503 g/mol. The Bertz CT molecular complexity index is 1210. The Hall–Kier alpha value is -3.13. The van der Waals surface area contributed by atoms with Gasteiger partial charge in [0.05, 0.1) is 17.8 Å². The number of piperazine rings is 1. The van der Waals surface area contributed by atoms with E-state index >= 15 is 0 Å². The maximum absolute atomic E-state index is 12.8. The molecule has 35 heavy (non-hydrogen) atoms. The van der Waals surface area contributed by atoms with E-state index in [2.05, 4.69) is 15.5 Å². The lowest BCUT2D eigenvalue weighted by Crippen LogP contribution is -2.49. The third-order valence-electron chi connectivity index (χ3n) is 5.68. The molecule has 1 aliphatic rings. The number of nitrogens with zero attached hydrogens (tertiary/aromatic N) is 2. The van der Waals surface area contributed by atoms with Crippen LogP contribution in [0.4, 0.5) is 11.4 Å². The van der Waals surface area contributed by atoms with Gasteiger partial charge in [0.2, 0.25) is 5.91 Å². The zero-order valence-corrected chi connectivity index (χ0v) is 21.2. The van der Waals surface area contributed by atoms with Crippen LogP contribution in [0.3, 0.4) is 0 Å². The standard InChI is InChI=1S/C26H24Cl2N4O2S/c27-20-9-5-18(6-10-20)17-24(33)30-26(35)29-22-3-1-2-4-23(22)31-13-15-32(16-14-31)25(34)19-7-11-21(28)12-8-19/h1-12H,13-17H2,(H2,29,30,33,35). The average Bonchev–Trinajstić information content (AvgIpc) is 2.86. The van der Waals surface area contributed by atoms with Crippen LogP contribution in [0.1, 0.15) is 15.9 Å². The minimum absolute atomic E-state index is 0.00250. The molecule has 9 heteroatoms. The summed E-state index contributed by atoms with van der Waals surface area (Å²) in [5.41, 5.74) is 3.23. The zero-order chi connectivity index (χ0) is 24.8. The van der Waals surface area contributed by atoms with Crippen molar-refractivity contribution < 1.29 is 9.59 Å². The van der Waals surface area contributed by atoms with E-state index in [0.717, 1.165) is 16.9 Å². The molecule has 1 fully saturated rings. The van der Waals surface area contributed by atoms with Gasteiger partial charge in [-0.05, 0) is 66.3 Å². The van der Waals surface area contributed by atoms with E-state index in [-0.39, 0.29) is 23.3 Å². The summed E-state index contributed by atoms with van der Waals surface area (Å²) in [6.07, 6.45) is 0.199. The molecule has 0 aromatic heterocycles. The van der Waals surface area contributed by atoms with Crippen LogP contribution in [0.25, 0.3) is 0 Å². The van der Waals surface area contributed by atoms with Crippen LogP contribution < -0.4 is 15.5 Å². The van der Waals surface area contributed by atoms with Crippen molar-refractivity contribution in [2.45, 2.75) is 6.42 Å². The number of para-hydroxylation sites is 2. The number of anilines is 2. The molecule has 0 bridgehead atoms. The monoisotopic (exact) mass is 526 g/mol. The van der Waals surface area contributed by atoms with Gasteiger partial charge in [-0.1, -0.05) is 47.5 Å². The van der Waals surface area contributed by atoms with Crippen molar-refractivity contribution in [2.75, 3.05) is 36.4 Å². The van der Waals surface area contributed by atoms with Crippen LogP contribution in [0.15, 0.2) is 72.8 Å². The summed E-state index contributed by atoms with van der Waals surface area (Å²) in [5, 5.41) is 7.33. The molecule has 2 amide bonds. The van der Waals surface area contributed by atoms with Crippen LogP contribution in [0, 0.1) is 0 Å². The van der Waals surface area contributed by atoms with Gasteiger partial charge < -0.3 is 20.4 Å². The molecule has 3 aromatic carbocycles. The predicted octanol–water partition coefficient (Wildman–Crippen LogP) is 5.01. The van der Waals surface area contributed by atoms with Crippen LogP contribution in [-0.2, 0) is 11.2 Å². The molecule has 0 atom stereocenters. The summed E-state index contributed by atoms with van der Waals surface area (Å²) in [7, 11) is 0. The maximum Gasteiger partial charge on any atom is 0.253 e. The van der Waals surface area contributed by atoms with Gasteiger partial charge in [-0.3, -0.25) is 9.59 Å². The summed E-state index contributed by atoms with van der Waals surface area (Å²) in [6.45, 7) is 2.54. The van der Waals surface area contributed by atoms with E-state index in [0.29, 0.717) is 41.8 Å². The van der Waals surface area contributed by atoms with Crippen molar-refractivity contribution >= 4 is 63.7 Å². The lowest BCUT2D eigenvalue weighted by atomic mass is 10.1. The van der Waals surface area contributed by atoms with E-state index in [1.165, 1.54) is 0 Å². The molecule has 3 aromatic rings. The number of nitrogens with one attached hydrogen (secondary N) is 2. The quantitative estimate of drug-likeness (QED) is 0.457. The molecule has 1 saturated heterocycles. The van der Waals surface area contributed by atoms with Gasteiger partial charge >= 0.3 is 0 Å². The zero-order valence-electron chi connectivity index (χ0n) is 18.8. The lowest BCUT2D eigenvalue weighted by Gasteiger charge is -2.37. The number of benzene rings is 3. The predicted molar refractivity (Wildman–Crippen MR) is 146 cm³/mol. The minimum atomic E-state index is -0.211. The van der Waals surface area contributed by atoms with Gasteiger partial charge in [0, 0.05) is 41.8 Å². The fraction of sp³-hybridized carbons (Fsp3) is 0.192. The molecule has 1 aliphatic heterocycles. The molecule has 180 valence electrons. The second-order valence-corrected chi connectivity index (χ2v) is 9.39. The van der Waals surface area contributed by atoms with E-state index in [1.54, 1.807) is 36.4 Å². The molecule has 0 spiro atoms. The van der Waals surface area contributed by atoms with E-state index < -0.39 is 0 Å². The normalized spacial score (nSPS) is 13.3. The second kappa shape index (κ2) is 11.5. The minimum Gasteiger partial charge on any atom is -0.366 e. The van der Waals surface area contributed by atoms with E-state index in [1.807, 2.05) is 41.3 Å². The van der Waals surface area contributed by atoms with Gasteiger partial charge in [-0.25, -0.2) is 0 Å². The number of carbonyl (C=O) groups is 2. The van der Waals surface area contributed by atoms with Gasteiger partial charge in [-0.15, -0.1) is 0 Å². The SMILES string of the molecule is O=C(Cc1ccc(Cl)cc1)NC(=S)Nc1ccccc1N1CCN(C(=O)c2ccc(Cl)cc2)CC1. The Morgan fingerprint density at radius 3 is 2.09 bits per heavy atom. The first-order valence-corrected chi connectivity index (χ1v) is 12.3. The summed E-state index contributed by atoms with van der Waals surface area (Å²) in [4.78, 5) is 29.2. The van der Waals surface area contributed by atoms with E-state index in [4.69, 9.17) is 35.4 Å². The summed E-state index contributed by atoms with van der Waals surface area (Å²) < 4.78 is 0. The van der Waals surface area contributed by atoms with Gasteiger partial charge in [0.15, 0.2) is 5.11 Å². The van der Waals surface area contributed by atoms with Crippen molar-refractivity contribution in [1.82, 2.24) is 10.2 Å². The first-order chi connectivity index (χ1) is 16.9. The Kier molecular flexibility index (Phi) is 8.23. The Morgan fingerprint density at radius 2 is 1.43 bits per heavy atom. The van der Waals surface area contributed by atoms with Crippen molar-refractivity contribution in [3.63, 3.8) is 0 Å². The topological polar surface area (TPSA) is 64.7 Å². The lowest BCUT2D eigenvalue weighted by molar-refractivity contribution is -0.119. The molecule has 0 unspecified atom stereocenters. The molecular formula is C26H24Cl2N4O2S. The highest BCUT2D eigenvalue weighted by Gasteiger charge is 2.23. The Morgan fingerprint density at radius 1 is 0.829 bits per heavy atom. The summed E-state index contributed by atoms with van der Waals surface area (Å²) in [5.74, 6) is -0.214. The highest BCUT2D eigenvalue weighted by molar-refractivity contribution is 7.80. The molecule has 0 saturated carbocycles. The molecule has 2 N–H and O–H groups in total. The second-order valence-electron chi connectivity index (χ2n) is 8.11. The van der Waals surface area contributed by atoms with Crippen LogP contribution in [-0.4, -0.2) is 48.0 Å². The number of halogens is 2. The number of rotatable bonds is 5. The first-order valence-electron chi connectivity index (χ1n) is 11.1. The smallest absolute Gasteiger partial charge is 0.253 e. The third kappa shape index (κ3) is 6.72. The molecule has 4 rings (SSSR count). The van der Waals surface area contributed by atoms with E-state index in [9.17, 15) is 9.59 Å². The first kappa shape index (κ1) is 25.0. The Labute approximate surface area is 219 Å². The fourth-order valence-electron chi connectivity index (χ4n) is 3.89. The number of hydrogen-bond acceptors (Lipinski definition) is 4. The van der Waals surface area contributed by atoms with Gasteiger partial charge in [0.25, 0.3) is 5.91 Å². The number of hydrogen-bond donors (Lipinski definition) is 2. The van der Waals surface area contributed by atoms with Crippen molar-refractivity contribution in [3.05, 3.63) is 94.0 Å². The Balaban J connectivity index is 1.33. The number of thiocarbonyl (C=S) groups is 1. The molecule has 0 radical (unpaired) electrons. The number of carbonyl (C=O) groups excluding carboxylic acids is 2. The summed E-state index contributed by atoms with van der Waals surface area (Å²) in [6, 6.07) is 21.8. The molecule has 1 heterocycles. The van der Waals surface area contributed by atoms with Crippen LogP contribution >= 0.6 is 35.4 Å². The third-order valence-corrected chi connectivity index (χ3v) is 6.39. The number of amides is 2. The highest BCUT2D eigenvalue weighted by atomic mass is 35.5. The van der Waals surface area contributed by atoms with Gasteiger partial charge in [-0.2, -0.15) is 0 Å². The molecule has 6 nitrogen and oxygen atoms in total. The van der Waals surface area contributed by atoms with Crippen molar-refractivity contribution in [2.24, 2.45) is 0 Å². The fourth-order valence-corrected chi connectivity index (χ4v) is 4.37. The maximum atomic E-state index is 12.8. The average molecular weight is 527 g/mol. The largest absolute Gasteiger partial charge is 0.366 e. The van der Waals surface area contributed by atoms with Crippen molar-refractivity contribution in [3.8, 4) is 0 Å². The van der Waals surface area contributed by atoms with Crippen LogP contribution in [0.2, 0.25) is 10.0 Å². The molecule has 0 aliphatic carbocycles. The highest BCUT2D eigenvalue weighted by Crippen LogP contribution is 2.27.